The van der Waals surface area contributed by atoms with Gasteiger partial charge in [0.1, 0.15) is 11.5 Å². The number of nitrogens with one attached hydrogen (secondary N) is 1. The molecule has 3 fully saturated rings. The van der Waals surface area contributed by atoms with Gasteiger partial charge in [-0.1, -0.05) is 19.6 Å². The van der Waals surface area contributed by atoms with Crippen molar-refractivity contribution in [1.29, 1.82) is 0 Å². The van der Waals surface area contributed by atoms with Crippen LogP contribution in [0.5, 0.6) is 0 Å². The Labute approximate surface area is 250 Å². The van der Waals surface area contributed by atoms with E-state index in [2.05, 4.69) is 57.5 Å². The van der Waals surface area contributed by atoms with Gasteiger partial charge in [-0.15, -0.1) is 0 Å². The standard InChI is InChI=1S/C31H49N9O2/c1-5-26-21-39(30-24(4)35-28(29(32)36-30)23(3)33-10-17-41)13-14-40(26)27-8-11-37(12-9-27)20-25-7-6-22(2)34-31(25)38-15-18-42-19-16-38/h6-7,26-27,33,41H,3,5,8-21H2,1-2,4H3,(H2,32,36). The molecule has 0 aromatic carbocycles. The molecule has 0 saturated carbocycles. The van der Waals surface area contributed by atoms with Crippen LogP contribution in [0.15, 0.2) is 18.7 Å². The Morgan fingerprint density at radius 1 is 1.02 bits per heavy atom. The van der Waals surface area contributed by atoms with Gasteiger partial charge in [0.25, 0.3) is 0 Å². The van der Waals surface area contributed by atoms with Crippen molar-refractivity contribution in [2.45, 2.75) is 58.7 Å². The van der Waals surface area contributed by atoms with Crippen LogP contribution in [0.4, 0.5) is 17.5 Å². The lowest BCUT2D eigenvalue weighted by atomic mass is 9.97. The number of aryl methyl sites for hydroxylation is 2. The second kappa shape index (κ2) is 14.0. The first kappa shape index (κ1) is 30.5. The van der Waals surface area contributed by atoms with E-state index in [-0.39, 0.29) is 6.61 Å². The van der Waals surface area contributed by atoms with Crippen molar-refractivity contribution in [1.82, 2.24) is 30.1 Å². The van der Waals surface area contributed by atoms with Crippen LogP contribution in [-0.4, -0.2) is 114 Å². The summed E-state index contributed by atoms with van der Waals surface area (Å²) in [5, 5.41) is 12.2. The maximum atomic E-state index is 9.11. The van der Waals surface area contributed by atoms with Gasteiger partial charge in [-0.25, -0.2) is 15.0 Å². The topological polar surface area (TPSA) is 119 Å². The van der Waals surface area contributed by atoms with E-state index in [1.807, 2.05) is 6.92 Å². The summed E-state index contributed by atoms with van der Waals surface area (Å²) in [5.41, 5.74) is 10.7. The van der Waals surface area contributed by atoms with Gasteiger partial charge < -0.3 is 30.7 Å². The molecule has 4 N–H and O–H groups in total. The maximum Gasteiger partial charge on any atom is 0.154 e. The lowest BCUT2D eigenvalue weighted by molar-refractivity contribution is 0.0610. The number of rotatable bonds is 10. The minimum atomic E-state index is 0.0191. The van der Waals surface area contributed by atoms with Crippen LogP contribution in [0, 0.1) is 13.8 Å². The zero-order valence-electron chi connectivity index (χ0n) is 25.7. The third-order valence-electron chi connectivity index (χ3n) is 8.93. The predicted molar refractivity (Wildman–Crippen MR) is 169 cm³/mol. The van der Waals surface area contributed by atoms with Gasteiger partial charge in [0.05, 0.1) is 31.2 Å². The van der Waals surface area contributed by atoms with Crippen LogP contribution in [0.1, 0.15) is 48.8 Å². The van der Waals surface area contributed by atoms with Crippen molar-refractivity contribution in [2.75, 3.05) is 87.7 Å². The maximum absolute atomic E-state index is 9.11. The van der Waals surface area contributed by atoms with Crippen molar-refractivity contribution in [2.24, 2.45) is 0 Å². The Kier molecular flexibility index (Phi) is 10.1. The summed E-state index contributed by atoms with van der Waals surface area (Å²) < 4.78 is 5.58. The number of nitrogens with two attached hydrogens (primary N) is 1. The quantitative estimate of drug-likeness (QED) is 0.384. The van der Waals surface area contributed by atoms with E-state index in [9.17, 15) is 0 Å². The number of likely N-dealkylation sites (tertiary alicyclic amines) is 1. The number of piperazine rings is 1. The lowest BCUT2D eigenvalue weighted by Crippen LogP contribution is -2.58. The van der Waals surface area contributed by atoms with Crippen molar-refractivity contribution < 1.29 is 9.84 Å². The van der Waals surface area contributed by atoms with E-state index in [1.54, 1.807) is 0 Å². The number of pyridine rings is 1. The van der Waals surface area contributed by atoms with Gasteiger partial charge in [0.15, 0.2) is 11.6 Å². The van der Waals surface area contributed by atoms with Gasteiger partial charge in [-0.05, 0) is 52.3 Å². The summed E-state index contributed by atoms with van der Waals surface area (Å²) in [6.45, 7) is 20.2. The molecule has 11 heteroatoms. The molecule has 11 nitrogen and oxygen atoms in total. The van der Waals surface area contributed by atoms with Crippen LogP contribution in [0.25, 0.3) is 5.70 Å². The van der Waals surface area contributed by atoms with Gasteiger partial charge >= 0.3 is 0 Å². The van der Waals surface area contributed by atoms with Gasteiger partial charge in [-0.2, -0.15) is 0 Å². The Balaban J connectivity index is 1.18. The Bertz CT molecular complexity index is 1210. The number of morpholine rings is 1. The number of piperidine rings is 1. The van der Waals surface area contributed by atoms with Crippen molar-refractivity contribution in [3.8, 4) is 0 Å². The lowest BCUT2D eigenvalue weighted by Gasteiger charge is -2.48. The molecule has 2 aromatic rings. The third-order valence-corrected chi connectivity index (χ3v) is 8.93. The van der Waals surface area contributed by atoms with E-state index in [0.29, 0.717) is 35.8 Å². The molecule has 3 aliphatic heterocycles. The molecule has 1 unspecified atom stereocenters. The average molecular weight is 580 g/mol. The summed E-state index contributed by atoms with van der Waals surface area (Å²) in [6.07, 6.45) is 3.47. The number of hydrogen-bond acceptors (Lipinski definition) is 11. The van der Waals surface area contributed by atoms with E-state index in [4.69, 9.17) is 30.5 Å². The molecule has 1 atom stereocenters. The number of anilines is 3. The van der Waals surface area contributed by atoms with Gasteiger partial charge in [0, 0.05) is 69.2 Å². The second-order valence-electron chi connectivity index (χ2n) is 11.8. The van der Waals surface area contributed by atoms with Crippen LogP contribution in [-0.2, 0) is 11.3 Å². The minimum absolute atomic E-state index is 0.0191. The van der Waals surface area contributed by atoms with Gasteiger partial charge in [0.2, 0.25) is 0 Å². The van der Waals surface area contributed by atoms with Crippen LogP contribution < -0.4 is 20.9 Å². The summed E-state index contributed by atoms with van der Waals surface area (Å²) in [7, 11) is 0. The summed E-state index contributed by atoms with van der Waals surface area (Å²) in [6, 6.07) is 5.49. The number of ether oxygens (including phenoxy) is 1. The smallest absolute Gasteiger partial charge is 0.154 e. The first-order valence-electron chi connectivity index (χ1n) is 15.6. The van der Waals surface area contributed by atoms with E-state index in [1.165, 1.54) is 18.4 Å². The minimum Gasteiger partial charge on any atom is -0.395 e. The highest BCUT2D eigenvalue weighted by molar-refractivity contribution is 5.69. The fourth-order valence-corrected chi connectivity index (χ4v) is 6.64. The number of aromatic nitrogens is 3. The molecule has 0 amide bonds. The number of hydrogen-bond donors (Lipinski definition) is 3. The summed E-state index contributed by atoms with van der Waals surface area (Å²) >= 11 is 0. The highest BCUT2D eigenvalue weighted by Crippen LogP contribution is 2.29. The molecule has 5 heterocycles. The average Bonchev–Trinajstić information content (AvgIpc) is 3.02. The second-order valence-corrected chi connectivity index (χ2v) is 11.8. The molecule has 0 radical (unpaired) electrons. The monoisotopic (exact) mass is 579 g/mol. The molecule has 5 rings (SSSR count). The predicted octanol–water partition coefficient (Wildman–Crippen LogP) is 2.03. The van der Waals surface area contributed by atoms with E-state index >= 15 is 0 Å². The fourth-order valence-electron chi connectivity index (χ4n) is 6.64. The molecular formula is C31H49N9O2. The summed E-state index contributed by atoms with van der Waals surface area (Å²) in [4.78, 5) is 24.5. The number of aliphatic hydroxyl groups excluding tert-OH is 1. The molecule has 3 saturated heterocycles. The Hall–Kier alpha value is -2.99. The van der Waals surface area contributed by atoms with Gasteiger partial charge in [-0.3, -0.25) is 9.80 Å². The zero-order chi connectivity index (χ0) is 29.6. The van der Waals surface area contributed by atoms with E-state index in [0.717, 1.165) is 95.0 Å². The molecular weight excluding hydrogens is 530 g/mol. The molecule has 42 heavy (non-hydrogen) atoms. The van der Waals surface area contributed by atoms with Crippen molar-refractivity contribution >= 4 is 23.2 Å². The first-order chi connectivity index (χ1) is 20.4. The Morgan fingerprint density at radius 3 is 2.50 bits per heavy atom. The van der Waals surface area contributed by atoms with Crippen molar-refractivity contribution in [3.05, 3.63) is 41.4 Å². The van der Waals surface area contributed by atoms with Crippen molar-refractivity contribution in [3.63, 3.8) is 0 Å². The highest BCUT2D eigenvalue weighted by Gasteiger charge is 2.34. The Morgan fingerprint density at radius 2 is 1.79 bits per heavy atom. The third kappa shape index (κ3) is 6.96. The van der Waals surface area contributed by atoms with E-state index < -0.39 is 0 Å². The van der Waals surface area contributed by atoms with Crippen LogP contribution >= 0.6 is 0 Å². The molecule has 0 bridgehead atoms. The molecule has 0 aliphatic carbocycles. The number of nitrogens with zero attached hydrogens (tertiary/aromatic N) is 7. The number of aliphatic hydroxyl groups is 1. The van der Waals surface area contributed by atoms with Crippen LogP contribution in [0.3, 0.4) is 0 Å². The first-order valence-corrected chi connectivity index (χ1v) is 15.6. The largest absolute Gasteiger partial charge is 0.395 e. The molecule has 2 aromatic heterocycles. The molecule has 3 aliphatic rings. The fraction of sp³-hybridized carbons (Fsp3) is 0.645. The molecule has 0 spiro atoms. The summed E-state index contributed by atoms with van der Waals surface area (Å²) in [5.74, 6) is 2.37. The highest BCUT2D eigenvalue weighted by atomic mass is 16.5. The normalized spacial score (nSPS) is 21.1. The zero-order valence-corrected chi connectivity index (χ0v) is 25.7. The number of nitrogen functional groups attached to an aromatic ring is 1. The molecule has 230 valence electrons. The van der Waals surface area contributed by atoms with Crippen LogP contribution in [0.2, 0.25) is 0 Å². The SMILES string of the molecule is C=C(NCCO)c1nc(C)c(N2CCN(C3CCN(Cc4ccc(C)nc4N4CCOCC4)CC3)C(CC)C2)nc1N.